The van der Waals surface area contributed by atoms with E-state index in [9.17, 15) is 8.42 Å². The van der Waals surface area contributed by atoms with Crippen LogP contribution < -0.4 is 0 Å². The van der Waals surface area contributed by atoms with Crippen LogP contribution in [-0.2, 0) is 16.6 Å². The monoisotopic (exact) mass is 363 g/mol. The number of hydrogen-bond donors (Lipinski definition) is 0. The summed E-state index contributed by atoms with van der Waals surface area (Å²) >= 11 is 0. The summed E-state index contributed by atoms with van der Waals surface area (Å²) in [5, 5.41) is 8.84. The summed E-state index contributed by atoms with van der Waals surface area (Å²) in [7, 11) is -3.14. The molecular weight excluding hydrogens is 334 g/mol. The fraction of sp³-hybridized carbons (Fsp3) is 0.632. The van der Waals surface area contributed by atoms with Crippen LogP contribution in [0.15, 0.2) is 24.3 Å². The van der Waals surface area contributed by atoms with E-state index in [0.29, 0.717) is 18.7 Å². The van der Waals surface area contributed by atoms with Gasteiger partial charge in [-0.15, -0.1) is 0 Å². The van der Waals surface area contributed by atoms with Gasteiger partial charge in [0.2, 0.25) is 10.0 Å². The van der Waals surface area contributed by atoms with Crippen LogP contribution in [0.2, 0.25) is 0 Å². The second-order valence-corrected chi connectivity index (χ2v) is 10.1. The van der Waals surface area contributed by atoms with Gasteiger partial charge in [0.15, 0.2) is 0 Å². The van der Waals surface area contributed by atoms with Crippen molar-refractivity contribution in [3.05, 3.63) is 35.4 Å². The highest BCUT2D eigenvalue weighted by atomic mass is 32.2. The molecule has 0 N–H and O–H groups in total. The molecule has 1 aliphatic heterocycles. The van der Waals surface area contributed by atoms with Gasteiger partial charge in [-0.3, -0.25) is 4.90 Å². The van der Waals surface area contributed by atoms with Crippen molar-refractivity contribution >= 4 is 10.0 Å². The lowest BCUT2D eigenvalue weighted by Crippen LogP contribution is -2.48. The Bertz CT molecular complexity index is 692. The maximum atomic E-state index is 12.5. The molecule has 1 saturated heterocycles. The Hall–Kier alpha value is -1.42. The molecule has 0 spiro atoms. The highest BCUT2D eigenvalue weighted by molar-refractivity contribution is 7.89. The summed E-state index contributed by atoms with van der Waals surface area (Å²) in [6.45, 7) is 9.84. The van der Waals surface area contributed by atoms with Crippen LogP contribution in [0.4, 0.5) is 0 Å². The molecule has 6 heteroatoms. The summed E-state index contributed by atoms with van der Waals surface area (Å²) in [5.74, 6) is 0.250. The lowest BCUT2D eigenvalue weighted by atomic mass is 9.91. The fourth-order valence-electron chi connectivity index (χ4n) is 3.02. The standard InChI is InChI=1S/C19H29N3O2S/c1-19(2,3)9-4-14-25(23,24)22-12-10-21(11-13-22)16-18-7-5-17(15-20)6-8-18/h5-8H,4,9-14,16H2,1-3H3. The van der Waals surface area contributed by atoms with Crippen molar-refractivity contribution in [3.63, 3.8) is 0 Å². The molecule has 0 unspecified atom stereocenters. The minimum atomic E-state index is -3.14. The smallest absolute Gasteiger partial charge is 0.214 e. The predicted molar refractivity (Wildman–Crippen MR) is 100 cm³/mol. The van der Waals surface area contributed by atoms with Gasteiger partial charge in [-0.2, -0.15) is 9.57 Å². The summed E-state index contributed by atoms with van der Waals surface area (Å²) in [6.07, 6.45) is 1.64. The van der Waals surface area contributed by atoms with Gasteiger partial charge in [-0.1, -0.05) is 32.9 Å². The third-order valence-electron chi connectivity index (χ3n) is 4.54. The van der Waals surface area contributed by atoms with E-state index in [1.54, 1.807) is 4.31 Å². The molecule has 1 aromatic carbocycles. The van der Waals surface area contributed by atoms with E-state index >= 15 is 0 Å². The second kappa shape index (κ2) is 8.31. The fourth-order valence-corrected chi connectivity index (χ4v) is 4.51. The van der Waals surface area contributed by atoms with Crippen LogP contribution in [0.25, 0.3) is 0 Å². The zero-order valence-corrected chi connectivity index (χ0v) is 16.3. The van der Waals surface area contributed by atoms with Gasteiger partial charge < -0.3 is 0 Å². The Kier molecular flexibility index (Phi) is 6.61. The maximum Gasteiger partial charge on any atom is 0.214 e. The number of nitrogens with zero attached hydrogens (tertiary/aromatic N) is 3. The molecule has 138 valence electrons. The van der Waals surface area contributed by atoms with E-state index in [-0.39, 0.29) is 11.2 Å². The van der Waals surface area contributed by atoms with Crippen LogP contribution in [-0.4, -0.2) is 49.6 Å². The predicted octanol–water partition coefficient (Wildman–Crippen LogP) is 2.83. The lowest BCUT2D eigenvalue weighted by Gasteiger charge is -2.34. The van der Waals surface area contributed by atoms with Crippen molar-refractivity contribution in [1.29, 1.82) is 5.26 Å². The van der Waals surface area contributed by atoms with Gasteiger partial charge in [0.05, 0.1) is 17.4 Å². The Balaban J connectivity index is 1.81. The Labute approximate surface area is 152 Å². The molecule has 0 bridgehead atoms. The van der Waals surface area contributed by atoms with Crippen molar-refractivity contribution in [2.45, 2.75) is 40.2 Å². The minimum Gasteiger partial charge on any atom is -0.296 e. The number of piperazine rings is 1. The Morgan fingerprint density at radius 1 is 1.08 bits per heavy atom. The number of nitriles is 1. The van der Waals surface area contributed by atoms with Gasteiger partial charge in [0.1, 0.15) is 0 Å². The summed E-state index contributed by atoms with van der Waals surface area (Å²) in [6, 6.07) is 9.70. The van der Waals surface area contributed by atoms with Crippen molar-refractivity contribution in [2.75, 3.05) is 31.9 Å². The SMILES string of the molecule is CC(C)(C)CCCS(=O)(=O)N1CCN(Cc2ccc(C#N)cc2)CC1. The quantitative estimate of drug-likeness (QED) is 0.779. The first-order valence-corrected chi connectivity index (χ1v) is 10.5. The molecule has 2 rings (SSSR count). The third kappa shape index (κ3) is 6.43. The molecule has 0 radical (unpaired) electrons. The number of benzene rings is 1. The van der Waals surface area contributed by atoms with E-state index in [1.165, 1.54) is 0 Å². The molecule has 1 heterocycles. The molecule has 25 heavy (non-hydrogen) atoms. The minimum absolute atomic E-state index is 0.176. The normalized spacial score (nSPS) is 17.4. The van der Waals surface area contributed by atoms with Crippen LogP contribution in [0.3, 0.4) is 0 Å². The van der Waals surface area contributed by atoms with Crippen LogP contribution in [0.5, 0.6) is 0 Å². The van der Waals surface area contributed by atoms with E-state index in [0.717, 1.165) is 38.0 Å². The second-order valence-electron chi connectivity index (χ2n) is 7.96. The van der Waals surface area contributed by atoms with Crippen molar-refractivity contribution < 1.29 is 8.42 Å². The van der Waals surface area contributed by atoms with Gasteiger partial charge in [0.25, 0.3) is 0 Å². The van der Waals surface area contributed by atoms with Crippen molar-refractivity contribution in [2.24, 2.45) is 5.41 Å². The van der Waals surface area contributed by atoms with Crippen LogP contribution in [0, 0.1) is 16.7 Å². The van der Waals surface area contributed by atoms with E-state index in [1.807, 2.05) is 24.3 Å². The molecule has 0 aromatic heterocycles. The Morgan fingerprint density at radius 3 is 2.20 bits per heavy atom. The molecule has 0 aliphatic carbocycles. The average Bonchev–Trinajstić information content (AvgIpc) is 2.54. The molecule has 1 aliphatic rings. The largest absolute Gasteiger partial charge is 0.296 e. The molecular formula is C19H29N3O2S. The summed E-state index contributed by atoms with van der Waals surface area (Å²) in [4.78, 5) is 2.27. The van der Waals surface area contributed by atoms with E-state index in [2.05, 4.69) is 31.7 Å². The zero-order valence-electron chi connectivity index (χ0n) is 15.5. The molecule has 0 amide bonds. The molecule has 1 fully saturated rings. The first-order chi connectivity index (χ1) is 11.7. The molecule has 1 aromatic rings. The van der Waals surface area contributed by atoms with Crippen LogP contribution >= 0.6 is 0 Å². The van der Waals surface area contributed by atoms with Gasteiger partial charge >= 0.3 is 0 Å². The van der Waals surface area contributed by atoms with E-state index in [4.69, 9.17) is 5.26 Å². The van der Waals surface area contributed by atoms with Crippen molar-refractivity contribution in [1.82, 2.24) is 9.21 Å². The van der Waals surface area contributed by atoms with Crippen molar-refractivity contribution in [3.8, 4) is 6.07 Å². The number of rotatable bonds is 6. The highest BCUT2D eigenvalue weighted by Crippen LogP contribution is 2.22. The summed E-state index contributed by atoms with van der Waals surface area (Å²) < 4.78 is 26.6. The molecule has 5 nitrogen and oxygen atoms in total. The highest BCUT2D eigenvalue weighted by Gasteiger charge is 2.27. The maximum absolute atomic E-state index is 12.5. The van der Waals surface area contributed by atoms with E-state index < -0.39 is 10.0 Å². The van der Waals surface area contributed by atoms with Gasteiger partial charge in [-0.05, 0) is 36.0 Å². The lowest BCUT2D eigenvalue weighted by molar-refractivity contribution is 0.181. The number of sulfonamides is 1. The van der Waals surface area contributed by atoms with Crippen LogP contribution in [0.1, 0.15) is 44.7 Å². The zero-order chi connectivity index (χ0) is 18.5. The average molecular weight is 364 g/mol. The topological polar surface area (TPSA) is 64.4 Å². The van der Waals surface area contributed by atoms with Gasteiger partial charge in [0, 0.05) is 32.7 Å². The molecule has 0 saturated carbocycles. The molecule has 0 atom stereocenters. The Morgan fingerprint density at radius 2 is 1.68 bits per heavy atom. The third-order valence-corrected chi connectivity index (χ3v) is 6.50. The van der Waals surface area contributed by atoms with Gasteiger partial charge in [-0.25, -0.2) is 8.42 Å². The number of hydrogen-bond acceptors (Lipinski definition) is 4. The first-order valence-electron chi connectivity index (χ1n) is 8.89. The first kappa shape index (κ1) is 19.9. The summed E-state index contributed by atoms with van der Waals surface area (Å²) in [5.41, 5.74) is 1.99.